The zero-order valence-corrected chi connectivity index (χ0v) is 34.6. The fourth-order valence-electron chi connectivity index (χ4n) is 9.21. The van der Waals surface area contributed by atoms with E-state index in [1.54, 1.807) is 0 Å². The summed E-state index contributed by atoms with van der Waals surface area (Å²) in [5.41, 5.74) is 11.0. The van der Waals surface area contributed by atoms with Crippen molar-refractivity contribution in [3.8, 4) is 22.8 Å². The van der Waals surface area contributed by atoms with Crippen molar-refractivity contribution in [3.63, 3.8) is 0 Å². The van der Waals surface area contributed by atoms with Crippen LogP contribution in [0.3, 0.4) is 0 Å². The number of fused-ring (bicyclic) bond motifs is 7. The van der Waals surface area contributed by atoms with Crippen LogP contribution in [-0.4, -0.2) is 24.1 Å². The van der Waals surface area contributed by atoms with Crippen LogP contribution < -0.4 is 9.80 Å². The molecule has 0 aliphatic heterocycles. The molecular weight excluding hydrogens is 783 g/mol. The van der Waals surface area contributed by atoms with E-state index in [9.17, 15) is 0 Å². The van der Waals surface area contributed by atoms with E-state index in [1.165, 1.54) is 0 Å². The zero-order chi connectivity index (χ0) is 42.4. The minimum atomic E-state index is 0.483. The van der Waals surface area contributed by atoms with Crippen molar-refractivity contribution in [1.82, 2.24) is 24.1 Å². The Morgan fingerprint density at radius 3 is 1.12 bits per heavy atom. The molecule has 0 aliphatic rings. The maximum atomic E-state index is 5.59. The third-order valence-corrected chi connectivity index (χ3v) is 11.9. The molecule has 0 atom stereocenters. The highest BCUT2D eigenvalue weighted by molar-refractivity contribution is 6.29. The molecule has 0 unspecified atom stereocenters. The van der Waals surface area contributed by atoms with Gasteiger partial charge in [0.05, 0.1) is 22.1 Å². The number of nitrogens with zero attached hydrogens (tertiary/aromatic N) is 7. The Kier molecular flexibility index (Phi) is 9.01. The summed E-state index contributed by atoms with van der Waals surface area (Å²) < 4.78 is 4.80. The van der Waals surface area contributed by atoms with E-state index in [0.29, 0.717) is 17.7 Å². The van der Waals surface area contributed by atoms with Crippen LogP contribution in [0.25, 0.3) is 66.4 Å². The first kappa shape index (κ1) is 37.0. The van der Waals surface area contributed by atoms with E-state index in [4.69, 9.17) is 15.0 Å². The molecule has 302 valence electrons. The summed E-state index contributed by atoms with van der Waals surface area (Å²) >= 11 is 0. The monoisotopic (exact) mass is 821 g/mol. The van der Waals surface area contributed by atoms with Crippen molar-refractivity contribution in [2.45, 2.75) is 0 Å². The molecule has 0 bridgehead atoms. The molecule has 0 saturated heterocycles. The maximum absolute atomic E-state index is 5.59. The van der Waals surface area contributed by atoms with Gasteiger partial charge in [0, 0.05) is 61.2 Å². The summed E-state index contributed by atoms with van der Waals surface area (Å²) in [7, 11) is 0. The van der Waals surface area contributed by atoms with Gasteiger partial charge in [0.2, 0.25) is 11.9 Å². The van der Waals surface area contributed by atoms with Gasteiger partial charge in [-0.1, -0.05) is 146 Å². The molecule has 7 heteroatoms. The van der Waals surface area contributed by atoms with Crippen molar-refractivity contribution in [2.24, 2.45) is 0 Å². The van der Waals surface area contributed by atoms with Gasteiger partial charge in [-0.3, -0.25) is 9.80 Å². The summed E-state index contributed by atoms with van der Waals surface area (Å²) in [5, 5.41) is 4.49. The number of hydrogen-bond acceptors (Lipinski definition) is 5. The second-order valence-electron chi connectivity index (χ2n) is 15.7. The minimum absolute atomic E-state index is 0.483. The molecule has 7 nitrogen and oxygen atoms in total. The van der Waals surface area contributed by atoms with Crippen LogP contribution in [0.4, 0.5) is 34.6 Å². The van der Waals surface area contributed by atoms with Gasteiger partial charge in [-0.15, -0.1) is 0 Å². The highest BCUT2D eigenvalue weighted by Crippen LogP contribution is 2.47. The first-order chi connectivity index (χ1) is 31.8. The first-order valence-electron chi connectivity index (χ1n) is 21.5. The van der Waals surface area contributed by atoms with Gasteiger partial charge in [0.15, 0.2) is 5.82 Å². The number of hydrogen-bond donors (Lipinski definition) is 0. The minimum Gasteiger partial charge on any atom is -0.309 e. The Hall–Kier alpha value is -8.81. The molecule has 12 aromatic rings. The Balaban J connectivity index is 1.27. The fraction of sp³-hybridized carbons (Fsp3) is 0. The van der Waals surface area contributed by atoms with Crippen LogP contribution in [0, 0.1) is 0 Å². The quantitative estimate of drug-likeness (QED) is 0.145. The third-order valence-electron chi connectivity index (χ3n) is 11.9. The van der Waals surface area contributed by atoms with Crippen molar-refractivity contribution in [1.29, 1.82) is 0 Å². The molecule has 0 aliphatic carbocycles. The number of para-hydroxylation sites is 8. The largest absolute Gasteiger partial charge is 0.309 e. The number of aromatic nitrogens is 5. The second-order valence-corrected chi connectivity index (χ2v) is 15.7. The number of anilines is 6. The fourth-order valence-corrected chi connectivity index (χ4v) is 9.21. The van der Waals surface area contributed by atoms with Crippen molar-refractivity contribution in [3.05, 3.63) is 237 Å². The summed E-state index contributed by atoms with van der Waals surface area (Å²) in [6.45, 7) is 0. The van der Waals surface area contributed by atoms with Crippen LogP contribution in [0.15, 0.2) is 237 Å². The normalized spacial score (nSPS) is 11.4. The molecule has 12 rings (SSSR count). The van der Waals surface area contributed by atoms with Gasteiger partial charge in [0.25, 0.3) is 0 Å². The van der Waals surface area contributed by atoms with E-state index < -0.39 is 0 Å². The Morgan fingerprint density at radius 2 is 0.672 bits per heavy atom. The highest BCUT2D eigenvalue weighted by Gasteiger charge is 2.28. The lowest BCUT2D eigenvalue weighted by molar-refractivity contribution is 0.989. The maximum Gasteiger partial charge on any atom is 0.240 e. The van der Waals surface area contributed by atoms with Gasteiger partial charge in [-0.25, -0.2) is 0 Å². The number of benzene rings is 9. The van der Waals surface area contributed by atoms with E-state index in [1.807, 2.05) is 72.8 Å². The van der Waals surface area contributed by atoms with Crippen LogP contribution in [0.2, 0.25) is 0 Å². The Bertz CT molecular complexity index is 3410. The second kappa shape index (κ2) is 15.6. The van der Waals surface area contributed by atoms with E-state index in [2.05, 4.69) is 183 Å². The summed E-state index contributed by atoms with van der Waals surface area (Å²) in [6.07, 6.45) is 0. The summed E-state index contributed by atoms with van der Waals surface area (Å²) in [5.74, 6) is 1.50. The first-order valence-corrected chi connectivity index (χ1v) is 21.5. The van der Waals surface area contributed by atoms with E-state index >= 15 is 0 Å². The Labute approximate surface area is 370 Å². The predicted octanol–water partition coefficient (Wildman–Crippen LogP) is 14.7. The lowest BCUT2D eigenvalue weighted by Gasteiger charge is -2.27. The lowest BCUT2D eigenvalue weighted by atomic mass is 10.0. The van der Waals surface area contributed by atoms with Gasteiger partial charge < -0.3 is 9.13 Å². The lowest BCUT2D eigenvalue weighted by Crippen LogP contribution is -2.19. The molecule has 0 saturated carbocycles. The van der Waals surface area contributed by atoms with Crippen molar-refractivity contribution in [2.75, 3.05) is 9.80 Å². The summed E-state index contributed by atoms with van der Waals surface area (Å²) in [6, 6.07) is 82.3. The third kappa shape index (κ3) is 6.17. The van der Waals surface area contributed by atoms with Crippen LogP contribution in [0.5, 0.6) is 0 Å². The van der Waals surface area contributed by atoms with Crippen LogP contribution in [-0.2, 0) is 0 Å². The van der Waals surface area contributed by atoms with E-state index in [-0.39, 0.29) is 0 Å². The Morgan fingerprint density at radius 1 is 0.312 bits per heavy atom. The number of rotatable bonds is 9. The molecule has 3 aromatic heterocycles. The molecule has 0 amide bonds. The molecule has 0 fully saturated rings. The standard InChI is InChI=1S/C57H39N7/c1-7-23-40(24-8-1)61(41-25-9-2-10-26-41)56-58-55(59-57(60-56)62(42-27-11-3-12-28-42)43-29-13-4-14-30-43)49-39-48-46-35-19-21-37-50(46)63(44-31-15-5-16-32-44)53(48)52-47-36-20-22-38-51(47)64(54(49)52)45-33-17-6-18-34-45/h1-39H. The summed E-state index contributed by atoms with van der Waals surface area (Å²) in [4.78, 5) is 20.9. The molecule has 0 radical (unpaired) electrons. The topological polar surface area (TPSA) is 55.0 Å². The van der Waals surface area contributed by atoms with Gasteiger partial charge in [-0.05, 0) is 91.0 Å². The van der Waals surface area contributed by atoms with Crippen molar-refractivity contribution >= 4 is 78.3 Å². The zero-order valence-electron chi connectivity index (χ0n) is 34.6. The molecule has 0 spiro atoms. The molecular formula is C57H39N7. The predicted molar refractivity (Wildman–Crippen MR) is 263 cm³/mol. The highest BCUT2D eigenvalue weighted by atomic mass is 15.3. The van der Waals surface area contributed by atoms with Crippen LogP contribution >= 0.6 is 0 Å². The molecule has 9 aromatic carbocycles. The smallest absolute Gasteiger partial charge is 0.240 e. The molecule has 3 heterocycles. The average molecular weight is 822 g/mol. The van der Waals surface area contributed by atoms with Gasteiger partial charge >= 0.3 is 0 Å². The van der Waals surface area contributed by atoms with Crippen LogP contribution in [0.1, 0.15) is 0 Å². The van der Waals surface area contributed by atoms with Crippen molar-refractivity contribution < 1.29 is 0 Å². The van der Waals surface area contributed by atoms with E-state index in [0.717, 1.165) is 83.3 Å². The van der Waals surface area contributed by atoms with Gasteiger partial charge in [0.1, 0.15) is 0 Å². The molecule has 0 N–H and O–H groups in total. The molecule has 64 heavy (non-hydrogen) atoms. The SMILES string of the molecule is c1ccc(N(c2ccccc2)c2nc(-c3cc4c5ccccc5n(-c5ccccc5)c4c4c5ccccc5n(-c5ccccc5)c34)nc(N(c3ccccc3)c3ccccc3)n2)cc1. The average Bonchev–Trinajstić information content (AvgIpc) is 3.89. The van der Waals surface area contributed by atoms with Gasteiger partial charge in [-0.2, -0.15) is 15.0 Å².